The van der Waals surface area contributed by atoms with Crippen molar-refractivity contribution in [3.8, 4) is 0 Å². The first kappa shape index (κ1) is 21.5. The van der Waals surface area contributed by atoms with Gasteiger partial charge in [0.1, 0.15) is 11.9 Å². The smallest absolute Gasteiger partial charge is 0.242 e. The molecule has 0 aliphatic rings. The SMILES string of the molecule is CCNC(=O)[C@H](C)N(Cc1ccc(F)cc1)C(=O)CCc1cccc2ccccc12. The van der Waals surface area contributed by atoms with Crippen molar-refractivity contribution in [2.75, 3.05) is 6.54 Å². The Hall–Kier alpha value is -3.21. The van der Waals surface area contributed by atoms with E-state index >= 15 is 0 Å². The van der Waals surface area contributed by atoms with Crippen molar-refractivity contribution >= 4 is 22.6 Å². The number of fused-ring (bicyclic) bond motifs is 1. The summed E-state index contributed by atoms with van der Waals surface area (Å²) in [6, 6.07) is 19.6. The number of halogens is 1. The molecule has 0 radical (unpaired) electrons. The molecule has 0 unspecified atom stereocenters. The van der Waals surface area contributed by atoms with Crippen molar-refractivity contribution in [1.29, 1.82) is 0 Å². The minimum Gasteiger partial charge on any atom is -0.355 e. The molecule has 0 saturated heterocycles. The summed E-state index contributed by atoms with van der Waals surface area (Å²) in [5, 5.41) is 5.05. The Kier molecular flexibility index (Phi) is 7.17. The number of hydrogen-bond donors (Lipinski definition) is 1. The minimum atomic E-state index is -0.616. The van der Waals surface area contributed by atoms with Crippen molar-refractivity contribution in [3.05, 3.63) is 83.7 Å². The molecule has 0 aliphatic carbocycles. The van der Waals surface area contributed by atoms with Gasteiger partial charge in [-0.2, -0.15) is 0 Å². The second-order valence-electron chi connectivity index (χ2n) is 7.36. The fraction of sp³-hybridized carbons (Fsp3) is 0.280. The summed E-state index contributed by atoms with van der Waals surface area (Å²) in [6.45, 7) is 4.33. The predicted molar refractivity (Wildman–Crippen MR) is 117 cm³/mol. The molecule has 0 aliphatic heterocycles. The molecule has 0 bridgehead atoms. The van der Waals surface area contributed by atoms with E-state index in [2.05, 4.69) is 23.5 Å². The van der Waals surface area contributed by atoms with Gasteiger partial charge in [-0.1, -0.05) is 54.6 Å². The first-order valence-electron chi connectivity index (χ1n) is 10.3. The van der Waals surface area contributed by atoms with Crippen molar-refractivity contribution in [2.45, 2.75) is 39.3 Å². The number of amides is 2. The molecule has 1 atom stereocenters. The van der Waals surface area contributed by atoms with E-state index in [0.29, 0.717) is 19.4 Å². The fourth-order valence-electron chi connectivity index (χ4n) is 3.59. The average molecular weight is 407 g/mol. The van der Waals surface area contributed by atoms with Crippen LogP contribution in [0.5, 0.6) is 0 Å². The van der Waals surface area contributed by atoms with Gasteiger partial charge in [0.2, 0.25) is 11.8 Å². The van der Waals surface area contributed by atoms with Gasteiger partial charge in [-0.25, -0.2) is 4.39 Å². The van der Waals surface area contributed by atoms with Gasteiger partial charge in [-0.05, 0) is 54.3 Å². The largest absolute Gasteiger partial charge is 0.355 e. The standard InChI is InChI=1S/C25H27FN2O2/c1-3-27-25(30)18(2)28(17-19-11-14-22(26)15-12-19)24(29)16-13-21-9-6-8-20-7-4-5-10-23(20)21/h4-12,14-15,18H,3,13,16-17H2,1-2H3,(H,27,30)/t18-/m0/s1. The summed E-state index contributed by atoms with van der Waals surface area (Å²) in [4.78, 5) is 27.1. The van der Waals surface area contributed by atoms with E-state index in [0.717, 1.165) is 21.9 Å². The maximum Gasteiger partial charge on any atom is 0.242 e. The number of hydrogen-bond acceptors (Lipinski definition) is 2. The van der Waals surface area contributed by atoms with Gasteiger partial charge in [0.05, 0.1) is 0 Å². The number of benzene rings is 3. The Morgan fingerprint density at radius 2 is 1.70 bits per heavy atom. The average Bonchev–Trinajstić information content (AvgIpc) is 2.76. The van der Waals surface area contributed by atoms with Crippen LogP contribution >= 0.6 is 0 Å². The highest BCUT2D eigenvalue weighted by molar-refractivity contribution is 5.88. The molecular formula is C25H27FN2O2. The molecule has 2 amide bonds. The number of nitrogens with zero attached hydrogens (tertiary/aromatic N) is 1. The Bertz CT molecular complexity index is 1010. The van der Waals surface area contributed by atoms with Crippen LogP contribution in [0.25, 0.3) is 10.8 Å². The molecule has 3 aromatic rings. The zero-order chi connectivity index (χ0) is 21.5. The molecule has 156 valence electrons. The Morgan fingerprint density at radius 3 is 2.43 bits per heavy atom. The summed E-state index contributed by atoms with van der Waals surface area (Å²) < 4.78 is 13.3. The van der Waals surface area contributed by atoms with E-state index in [1.54, 1.807) is 24.0 Å². The normalized spacial score (nSPS) is 11.8. The topological polar surface area (TPSA) is 49.4 Å². The lowest BCUT2D eigenvalue weighted by molar-refractivity contribution is -0.140. The number of rotatable bonds is 8. The molecule has 0 saturated carbocycles. The second-order valence-corrected chi connectivity index (χ2v) is 7.36. The second kappa shape index (κ2) is 10.0. The highest BCUT2D eigenvalue weighted by Gasteiger charge is 2.25. The molecule has 1 N–H and O–H groups in total. The van der Waals surface area contributed by atoms with Crippen LogP contribution in [0.15, 0.2) is 66.7 Å². The Labute approximate surface area is 176 Å². The van der Waals surface area contributed by atoms with Crippen LogP contribution < -0.4 is 5.32 Å². The first-order chi connectivity index (χ1) is 14.5. The van der Waals surface area contributed by atoms with E-state index in [1.807, 2.05) is 31.2 Å². The number of aryl methyl sites for hydroxylation is 1. The number of carbonyl (C=O) groups is 2. The highest BCUT2D eigenvalue weighted by Crippen LogP contribution is 2.21. The van der Waals surface area contributed by atoms with Gasteiger partial charge in [0.15, 0.2) is 0 Å². The third kappa shape index (κ3) is 5.23. The molecule has 5 heteroatoms. The maximum atomic E-state index is 13.3. The number of carbonyl (C=O) groups excluding carboxylic acids is 2. The van der Waals surface area contributed by atoms with E-state index < -0.39 is 6.04 Å². The predicted octanol–water partition coefficient (Wildman–Crippen LogP) is 4.46. The minimum absolute atomic E-state index is 0.106. The zero-order valence-corrected chi connectivity index (χ0v) is 17.4. The van der Waals surface area contributed by atoms with Crippen LogP contribution in [0.2, 0.25) is 0 Å². The third-order valence-corrected chi connectivity index (χ3v) is 5.27. The van der Waals surface area contributed by atoms with E-state index in [4.69, 9.17) is 0 Å². The van der Waals surface area contributed by atoms with Crippen molar-refractivity contribution in [2.24, 2.45) is 0 Å². The van der Waals surface area contributed by atoms with Gasteiger partial charge >= 0.3 is 0 Å². The molecule has 0 aromatic heterocycles. The summed E-state index contributed by atoms with van der Waals surface area (Å²) in [5.74, 6) is -0.631. The van der Waals surface area contributed by atoms with Crippen LogP contribution in [-0.4, -0.2) is 29.3 Å². The molecule has 0 fully saturated rings. The summed E-state index contributed by atoms with van der Waals surface area (Å²) in [7, 11) is 0. The van der Waals surface area contributed by atoms with Crippen LogP contribution in [0.4, 0.5) is 4.39 Å². The fourth-order valence-corrected chi connectivity index (χ4v) is 3.59. The Morgan fingerprint density at radius 1 is 1.00 bits per heavy atom. The van der Waals surface area contributed by atoms with Gasteiger partial charge < -0.3 is 10.2 Å². The number of nitrogens with one attached hydrogen (secondary N) is 1. The monoisotopic (exact) mass is 406 g/mol. The first-order valence-corrected chi connectivity index (χ1v) is 10.3. The maximum absolute atomic E-state index is 13.3. The van der Waals surface area contributed by atoms with Crippen molar-refractivity contribution < 1.29 is 14.0 Å². The quantitative estimate of drug-likeness (QED) is 0.600. The van der Waals surface area contributed by atoms with E-state index in [-0.39, 0.29) is 24.2 Å². The lowest BCUT2D eigenvalue weighted by Crippen LogP contribution is -2.47. The van der Waals surface area contributed by atoms with Crippen LogP contribution in [0.3, 0.4) is 0 Å². The molecule has 4 nitrogen and oxygen atoms in total. The van der Waals surface area contributed by atoms with Crippen LogP contribution in [0, 0.1) is 5.82 Å². The van der Waals surface area contributed by atoms with Crippen LogP contribution in [0.1, 0.15) is 31.4 Å². The molecule has 30 heavy (non-hydrogen) atoms. The molecule has 0 spiro atoms. The Balaban J connectivity index is 1.78. The van der Waals surface area contributed by atoms with E-state index in [1.165, 1.54) is 12.1 Å². The van der Waals surface area contributed by atoms with Crippen LogP contribution in [-0.2, 0) is 22.6 Å². The van der Waals surface area contributed by atoms with Gasteiger partial charge in [-0.15, -0.1) is 0 Å². The lowest BCUT2D eigenvalue weighted by Gasteiger charge is -2.29. The summed E-state index contributed by atoms with van der Waals surface area (Å²) in [5.41, 5.74) is 1.89. The van der Waals surface area contributed by atoms with E-state index in [9.17, 15) is 14.0 Å². The third-order valence-electron chi connectivity index (χ3n) is 5.27. The summed E-state index contributed by atoms with van der Waals surface area (Å²) >= 11 is 0. The molecular weight excluding hydrogens is 379 g/mol. The molecule has 3 rings (SSSR count). The van der Waals surface area contributed by atoms with Gasteiger partial charge in [0.25, 0.3) is 0 Å². The van der Waals surface area contributed by atoms with Crippen molar-refractivity contribution in [3.63, 3.8) is 0 Å². The van der Waals surface area contributed by atoms with Gasteiger partial charge in [0, 0.05) is 19.5 Å². The highest BCUT2D eigenvalue weighted by atomic mass is 19.1. The molecule has 0 heterocycles. The summed E-state index contributed by atoms with van der Waals surface area (Å²) in [6.07, 6.45) is 0.876. The zero-order valence-electron chi connectivity index (χ0n) is 17.4. The molecule has 3 aromatic carbocycles. The lowest BCUT2D eigenvalue weighted by atomic mass is 10.0. The number of likely N-dealkylation sites (N-methyl/N-ethyl adjacent to an activating group) is 1. The van der Waals surface area contributed by atoms with Gasteiger partial charge in [-0.3, -0.25) is 9.59 Å². The van der Waals surface area contributed by atoms with Crippen molar-refractivity contribution in [1.82, 2.24) is 10.2 Å².